The summed E-state index contributed by atoms with van der Waals surface area (Å²) in [5.41, 5.74) is 0.437. The molecule has 8 nitrogen and oxygen atoms in total. The highest BCUT2D eigenvalue weighted by molar-refractivity contribution is 5.83. The second kappa shape index (κ2) is 9.27. The van der Waals surface area contributed by atoms with Crippen LogP contribution in [0.15, 0.2) is 34.7 Å². The number of aliphatic carboxylic acids is 1. The fourth-order valence-corrected chi connectivity index (χ4v) is 2.28. The maximum Gasteiger partial charge on any atom is 0.326 e. The second-order valence-corrected chi connectivity index (χ2v) is 7.07. The zero-order chi connectivity index (χ0) is 19.9. The van der Waals surface area contributed by atoms with Crippen LogP contribution in [0.25, 0.3) is 11.5 Å². The molecular formula is C19H25N3O5. The predicted molar refractivity (Wildman–Crippen MR) is 97.9 cm³/mol. The number of carbonyl (C=O) groups excluding carboxylic acids is 1. The van der Waals surface area contributed by atoms with E-state index in [1.165, 1.54) is 0 Å². The number of benzene rings is 1. The molecule has 2 aromatic rings. The van der Waals surface area contributed by atoms with Crippen LogP contribution >= 0.6 is 0 Å². The molecule has 0 aliphatic rings. The van der Waals surface area contributed by atoms with E-state index >= 15 is 0 Å². The molecule has 8 heteroatoms. The third kappa shape index (κ3) is 7.18. The van der Waals surface area contributed by atoms with E-state index in [2.05, 4.69) is 15.5 Å². The summed E-state index contributed by atoms with van der Waals surface area (Å²) in [6, 6.07) is 8.31. The molecular weight excluding hydrogens is 350 g/mol. The number of aromatic nitrogens is 2. The van der Waals surface area contributed by atoms with E-state index in [-0.39, 0.29) is 31.5 Å². The number of aryl methyl sites for hydroxylation is 1. The average Bonchev–Trinajstić information content (AvgIpc) is 3.08. The zero-order valence-electron chi connectivity index (χ0n) is 15.8. The van der Waals surface area contributed by atoms with Crippen LogP contribution in [0.3, 0.4) is 0 Å². The van der Waals surface area contributed by atoms with Crippen LogP contribution in [0.2, 0.25) is 0 Å². The van der Waals surface area contributed by atoms with Gasteiger partial charge in [-0.05, 0) is 32.9 Å². The number of carboxylic acid groups (broad SMARTS) is 1. The quantitative estimate of drug-likeness (QED) is 0.692. The largest absolute Gasteiger partial charge is 0.480 e. The monoisotopic (exact) mass is 375 g/mol. The molecule has 0 saturated carbocycles. The molecule has 1 atom stereocenters. The number of rotatable bonds is 9. The summed E-state index contributed by atoms with van der Waals surface area (Å²) < 4.78 is 11.1. The minimum absolute atomic E-state index is 0.0559. The number of hydrogen-bond donors (Lipinski definition) is 2. The number of hydrogen-bond acceptors (Lipinski definition) is 6. The highest BCUT2D eigenvalue weighted by Crippen LogP contribution is 2.17. The summed E-state index contributed by atoms with van der Waals surface area (Å²) in [7, 11) is 0. The van der Waals surface area contributed by atoms with Crippen LogP contribution in [-0.4, -0.2) is 45.4 Å². The summed E-state index contributed by atoms with van der Waals surface area (Å²) in [5.74, 6) is -0.775. The van der Waals surface area contributed by atoms with Gasteiger partial charge in [0.2, 0.25) is 17.7 Å². The molecule has 2 N–H and O–H groups in total. The SMILES string of the molecule is CC(C)(C)OCCC(NC(=O)CCc1nnc(-c2ccccc2)o1)C(=O)O. The molecule has 0 aliphatic heterocycles. The molecule has 0 bridgehead atoms. The van der Waals surface area contributed by atoms with Gasteiger partial charge in [-0.2, -0.15) is 0 Å². The Bertz CT molecular complexity index is 752. The molecule has 1 aromatic heterocycles. The highest BCUT2D eigenvalue weighted by Gasteiger charge is 2.21. The van der Waals surface area contributed by atoms with Crippen LogP contribution in [0.1, 0.15) is 39.5 Å². The number of ether oxygens (including phenoxy) is 1. The second-order valence-electron chi connectivity index (χ2n) is 7.07. The van der Waals surface area contributed by atoms with Crippen LogP contribution in [0.5, 0.6) is 0 Å². The fourth-order valence-electron chi connectivity index (χ4n) is 2.28. The van der Waals surface area contributed by atoms with E-state index < -0.39 is 17.9 Å². The lowest BCUT2D eigenvalue weighted by Gasteiger charge is -2.21. The van der Waals surface area contributed by atoms with Crippen LogP contribution in [0, 0.1) is 0 Å². The lowest BCUT2D eigenvalue weighted by molar-refractivity contribution is -0.142. The number of nitrogens with one attached hydrogen (secondary N) is 1. The van der Waals surface area contributed by atoms with Gasteiger partial charge < -0.3 is 19.6 Å². The maximum absolute atomic E-state index is 12.1. The first kappa shape index (κ1) is 20.6. The highest BCUT2D eigenvalue weighted by atomic mass is 16.5. The van der Waals surface area contributed by atoms with E-state index in [0.29, 0.717) is 11.8 Å². The van der Waals surface area contributed by atoms with Crippen molar-refractivity contribution in [3.05, 3.63) is 36.2 Å². The fraction of sp³-hybridized carbons (Fsp3) is 0.474. The molecule has 0 saturated heterocycles. The first-order valence-corrected chi connectivity index (χ1v) is 8.78. The van der Waals surface area contributed by atoms with Gasteiger partial charge >= 0.3 is 5.97 Å². The van der Waals surface area contributed by atoms with Crippen LogP contribution in [0.4, 0.5) is 0 Å². The number of carbonyl (C=O) groups is 2. The first-order chi connectivity index (χ1) is 12.7. The van der Waals surface area contributed by atoms with Crippen molar-refractivity contribution in [2.24, 2.45) is 0 Å². The molecule has 146 valence electrons. The summed E-state index contributed by atoms with van der Waals surface area (Å²) in [6.45, 7) is 5.89. The van der Waals surface area contributed by atoms with Gasteiger partial charge in [-0.3, -0.25) is 4.79 Å². The summed E-state index contributed by atoms with van der Waals surface area (Å²) >= 11 is 0. The predicted octanol–water partition coefficient (Wildman–Crippen LogP) is 2.44. The van der Waals surface area contributed by atoms with E-state index in [4.69, 9.17) is 9.15 Å². The van der Waals surface area contributed by atoms with Crippen molar-refractivity contribution in [2.45, 2.75) is 51.7 Å². The standard InChI is InChI=1S/C19H25N3O5/c1-19(2,3)26-12-11-14(18(24)25)20-15(23)9-10-16-21-22-17(27-16)13-7-5-4-6-8-13/h4-8,14H,9-12H2,1-3H3,(H,20,23)(H,24,25). The van der Waals surface area contributed by atoms with E-state index in [1.54, 1.807) is 0 Å². The van der Waals surface area contributed by atoms with Crippen molar-refractivity contribution < 1.29 is 23.8 Å². The molecule has 1 unspecified atom stereocenters. The van der Waals surface area contributed by atoms with E-state index in [9.17, 15) is 14.7 Å². The molecule has 2 rings (SSSR count). The van der Waals surface area contributed by atoms with Crippen molar-refractivity contribution in [1.82, 2.24) is 15.5 Å². The zero-order valence-corrected chi connectivity index (χ0v) is 15.8. The lowest BCUT2D eigenvalue weighted by Crippen LogP contribution is -2.42. The normalized spacial score (nSPS) is 12.6. The Balaban J connectivity index is 1.82. The third-order valence-electron chi connectivity index (χ3n) is 3.63. The minimum atomic E-state index is -1.09. The van der Waals surface area contributed by atoms with Gasteiger partial charge in [0.15, 0.2) is 0 Å². The van der Waals surface area contributed by atoms with Crippen molar-refractivity contribution in [1.29, 1.82) is 0 Å². The summed E-state index contributed by atoms with van der Waals surface area (Å²) in [6.07, 6.45) is 0.480. The Labute approximate surface area is 157 Å². The molecule has 0 aliphatic carbocycles. The van der Waals surface area contributed by atoms with E-state index in [1.807, 2.05) is 51.1 Å². The van der Waals surface area contributed by atoms with Crippen molar-refractivity contribution >= 4 is 11.9 Å². The van der Waals surface area contributed by atoms with E-state index in [0.717, 1.165) is 5.56 Å². The molecule has 1 amide bonds. The topological polar surface area (TPSA) is 115 Å². The Hall–Kier alpha value is -2.74. The first-order valence-electron chi connectivity index (χ1n) is 8.78. The van der Waals surface area contributed by atoms with Gasteiger partial charge in [-0.15, -0.1) is 10.2 Å². The lowest BCUT2D eigenvalue weighted by atomic mass is 10.1. The van der Waals surface area contributed by atoms with Crippen molar-refractivity contribution in [3.8, 4) is 11.5 Å². The molecule has 0 spiro atoms. The number of amides is 1. The Morgan fingerprint density at radius 1 is 1.22 bits per heavy atom. The van der Waals surface area contributed by atoms with Gasteiger partial charge in [0, 0.05) is 31.4 Å². The van der Waals surface area contributed by atoms with Crippen molar-refractivity contribution in [2.75, 3.05) is 6.61 Å². The smallest absolute Gasteiger partial charge is 0.326 e. The number of carboxylic acids is 1. The van der Waals surface area contributed by atoms with Gasteiger partial charge in [0.05, 0.1) is 5.60 Å². The minimum Gasteiger partial charge on any atom is -0.480 e. The van der Waals surface area contributed by atoms with Crippen LogP contribution in [-0.2, 0) is 20.7 Å². The average molecular weight is 375 g/mol. The van der Waals surface area contributed by atoms with Gasteiger partial charge in [0.1, 0.15) is 6.04 Å². The van der Waals surface area contributed by atoms with Crippen LogP contribution < -0.4 is 5.32 Å². The molecule has 0 radical (unpaired) electrons. The summed E-state index contributed by atoms with van der Waals surface area (Å²) in [5, 5.41) is 19.6. The maximum atomic E-state index is 12.1. The molecule has 27 heavy (non-hydrogen) atoms. The molecule has 1 aromatic carbocycles. The van der Waals surface area contributed by atoms with Crippen molar-refractivity contribution in [3.63, 3.8) is 0 Å². The Morgan fingerprint density at radius 2 is 1.93 bits per heavy atom. The Kier molecular flexibility index (Phi) is 7.06. The van der Waals surface area contributed by atoms with Gasteiger partial charge in [0.25, 0.3) is 0 Å². The third-order valence-corrected chi connectivity index (χ3v) is 3.63. The summed E-state index contributed by atoms with van der Waals surface area (Å²) in [4.78, 5) is 23.4. The molecule has 1 heterocycles. The Morgan fingerprint density at radius 3 is 2.56 bits per heavy atom. The molecule has 0 fully saturated rings. The van der Waals surface area contributed by atoms with Gasteiger partial charge in [-0.1, -0.05) is 18.2 Å². The van der Waals surface area contributed by atoms with Gasteiger partial charge in [-0.25, -0.2) is 4.79 Å². The number of nitrogens with zero attached hydrogens (tertiary/aromatic N) is 2.